The summed E-state index contributed by atoms with van der Waals surface area (Å²) in [5.41, 5.74) is 0. The normalized spacial score (nSPS) is 18.9. The van der Waals surface area contributed by atoms with Crippen LogP contribution in [0.3, 0.4) is 0 Å². The second kappa shape index (κ2) is 7.23. The van der Waals surface area contributed by atoms with Crippen LogP contribution in [0.25, 0.3) is 0 Å². The van der Waals surface area contributed by atoms with Crippen LogP contribution >= 0.6 is 0 Å². The van der Waals surface area contributed by atoms with Gasteiger partial charge in [-0.25, -0.2) is 0 Å². The first kappa shape index (κ1) is 12.0. The Morgan fingerprint density at radius 3 is 2.60 bits per heavy atom. The molecule has 0 saturated carbocycles. The van der Waals surface area contributed by atoms with Gasteiger partial charge in [-0.1, -0.05) is 18.0 Å². The lowest BCUT2D eigenvalue weighted by Crippen LogP contribution is -2.35. The number of nitrogens with zero attached hydrogens (tertiary/aromatic N) is 2. The summed E-state index contributed by atoms with van der Waals surface area (Å²) >= 11 is 0. The molecule has 0 spiro atoms. The van der Waals surface area contributed by atoms with E-state index in [1.165, 1.54) is 25.7 Å². The molecule has 1 amide bonds. The summed E-state index contributed by atoms with van der Waals surface area (Å²) in [7, 11) is 0. The van der Waals surface area contributed by atoms with Crippen molar-refractivity contribution in [3.8, 4) is 0 Å². The van der Waals surface area contributed by atoms with Crippen LogP contribution in [0.15, 0.2) is 5.16 Å². The fourth-order valence-corrected chi connectivity index (χ4v) is 1.80. The molecule has 2 N–H and O–H groups in total. The van der Waals surface area contributed by atoms with Crippen molar-refractivity contribution < 1.29 is 10.0 Å². The van der Waals surface area contributed by atoms with E-state index in [-0.39, 0.29) is 5.91 Å². The number of rotatable bonds is 4. The zero-order valence-corrected chi connectivity index (χ0v) is 8.98. The highest BCUT2D eigenvalue weighted by Crippen LogP contribution is 2.08. The largest absolute Gasteiger partial charge is 0.411 e. The highest BCUT2D eigenvalue weighted by Gasteiger charge is 2.08. The first-order chi connectivity index (χ1) is 7.33. The molecule has 5 heteroatoms. The molecule has 0 radical (unpaired) electrons. The second-order valence-corrected chi connectivity index (χ2v) is 3.79. The molecule has 1 heterocycles. The van der Waals surface area contributed by atoms with Crippen LogP contribution in [0.1, 0.15) is 25.7 Å². The van der Waals surface area contributed by atoms with Gasteiger partial charge in [0, 0.05) is 13.1 Å². The second-order valence-electron chi connectivity index (χ2n) is 3.79. The maximum absolute atomic E-state index is 10.9. The average Bonchev–Trinajstić information content (AvgIpc) is 2.47. The Hall–Kier alpha value is -1.10. The lowest BCUT2D eigenvalue weighted by atomic mass is 10.2. The van der Waals surface area contributed by atoms with Gasteiger partial charge in [-0.2, -0.15) is 0 Å². The van der Waals surface area contributed by atoms with E-state index in [2.05, 4.69) is 15.4 Å². The summed E-state index contributed by atoms with van der Waals surface area (Å²) in [5.74, 6) is -0.340. The Bertz CT molecular complexity index is 211. The quantitative estimate of drug-likeness (QED) is 0.404. The van der Waals surface area contributed by atoms with Gasteiger partial charge in [-0.05, 0) is 25.9 Å². The third-order valence-electron chi connectivity index (χ3n) is 2.60. The summed E-state index contributed by atoms with van der Waals surface area (Å²) in [4.78, 5) is 13.3. The minimum absolute atomic E-state index is 0.340. The number of carbonyl (C=O) groups is 1. The van der Waals surface area contributed by atoms with Crippen molar-refractivity contribution in [3.63, 3.8) is 0 Å². The first-order valence-electron chi connectivity index (χ1n) is 5.50. The molecule has 1 aliphatic rings. The molecule has 0 aliphatic carbocycles. The van der Waals surface area contributed by atoms with Gasteiger partial charge in [0.25, 0.3) is 5.91 Å². The van der Waals surface area contributed by atoms with Crippen molar-refractivity contribution >= 4 is 12.1 Å². The van der Waals surface area contributed by atoms with E-state index in [1.54, 1.807) is 0 Å². The minimum Gasteiger partial charge on any atom is -0.411 e. The lowest BCUT2D eigenvalue weighted by molar-refractivity contribution is -0.114. The Balaban J connectivity index is 2.10. The average molecular weight is 213 g/mol. The molecule has 0 aromatic rings. The van der Waals surface area contributed by atoms with Gasteiger partial charge in [-0.15, -0.1) is 0 Å². The van der Waals surface area contributed by atoms with Gasteiger partial charge in [-0.3, -0.25) is 4.79 Å². The van der Waals surface area contributed by atoms with Crippen molar-refractivity contribution in [3.05, 3.63) is 0 Å². The molecule has 0 atom stereocenters. The minimum atomic E-state index is -0.340. The van der Waals surface area contributed by atoms with E-state index < -0.39 is 0 Å². The Kier molecular flexibility index (Phi) is 5.77. The van der Waals surface area contributed by atoms with Crippen LogP contribution in [-0.4, -0.2) is 48.4 Å². The number of amides is 1. The van der Waals surface area contributed by atoms with Crippen LogP contribution in [0.5, 0.6) is 0 Å². The van der Waals surface area contributed by atoms with E-state index in [1.807, 2.05) is 0 Å². The van der Waals surface area contributed by atoms with Gasteiger partial charge in [0.1, 0.15) is 6.21 Å². The molecule has 1 rings (SSSR count). The van der Waals surface area contributed by atoms with Gasteiger partial charge >= 0.3 is 0 Å². The maximum atomic E-state index is 10.9. The zero-order chi connectivity index (χ0) is 10.9. The molecule has 15 heavy (non-hydrogen) atoms. The number of likely N-dealkylation sites (tertiary alicyclic amines) is 1. The standard InChI is InChI=1S/C10H19N3O2/c14-10(9-12-15)11-5-8-13-6-3-1-2-4-7-13/h9,15H,1-8H2,(H,11,14)/b12-9+. The van der Waals surface area contributed by atoms with Crippen LogP contribution in [0.4, 0.5) is 0 Å². The summed E-state index contributed by atoms with van der Waals surface area (Å²) in [5, 5.41) is 13.4. The third-order valence-corrected chi connectivity index (χ3v) is 2.60. The number of hydrogen-bond acceptors (Lipinski definition) is 4. The molecular formula is C10H19N3O2. The molecular weight excluding hydrogens is 194 g/mol. The van der Waals surface area contributed by atoms with Gasteiger partial charge in [0.05, 0.1) is 0 Å². The molecule has 86 valence electrons. The fourth-order valence-electron chi connectivity index (χ4n) is 1.80. The highest BCUT2D eigenvalue weighted by atomic mass is 16.4. The van der Waals surface area contributed by atoms with Crippen molar-refractivity contribution in [2.75, 3.05) is 26.2 Å². The summed E-state index contributed by atoms with van der Waals surface area (Å²) in [6, 6.07) is 0. The lowest BCUT2D eigenvalue weighted by Gasteiger charge is -2.19. The van der Waals surface area contributed by atoms with E-state index in [0.717, 1.165) is 25.8 Å². The van der Waals surface area contributed by atoms with Gasteiger partial charge in [0.2, 0.25) is 0 Å². The monoisotopic (exact) mass is 213 g/mol. The maximum Gasteiger partial charge on any atom is 0.265 e. The van der Waals surface area contributed by atoms with Crippen molar-refractivity contribution in [1.82, 2.24) is 10.2 Å². The van der Waals surface area contributed by atoms with Crippen molar-refractivity contribution in [2.45, 2.75) is 25.7 Å². The molecule has 0 bridgehead atoms. The molecule has 0 aromatic carbocycles. The number of hydrogen-bond donors (Lipinski definition) is 2. The number of nitrogens with one attached hydrogen (secondary N) is 1. The molecule has 0 unspecified atom stereocenters. The van der Waals surface area contributed by atoms with E-state index in [0.29, 0.717) is 6.54 Å². The van der Waals surface area contributed by atoms with Crippen molar-refractivity contribution in [1.29, 1.82) is 0 Å². The van der Waals surface area contributed by atoms with Gasteiger partial charge < -0.3 is 15.4 Å². The van der Waals surface area contributed by atoms with Crippen LogP contribution in [-0.2, 0) is 4.79 Å². The van der Waals surface area contributed by atoms with Crippen LogP contribution in [0.2, 0.25) is 0 Å². The SMILES string of the molecule is O=C(/C=N/O)NCCN1CCCCCC1. The summed E-state index contributed by atoms with van der Waals surface area (Å²) in [6.07, 6.45) is 6.03. The number of oxime groups is 1. The Labute approximate surface area is 90.1 Å². The predicted molar refractivity (Wildman–Crippen MR) is 58.2 cm³/mol. The Morgan fingerprint density at radius 1 is 1.33 bits per heavy atom. The van der Waals surface area contributed by atoms with E-state index >= 15 is 0 Å². The highest BCUT2D eigenvalue weighted by molar-refractivity contribution is 6.25. The zero-order valence-electron chi connectivity index (χ0n) is 8.98. The predicted octanol–water partition coefficient (Wildman–Crippen LogP) is 0.439. The molecule has 0 aromatic heterocycles. The fraction of sp³-hybridized carbons (Fsp3) is 0.800. The van der Waals surface area contributed by atoms with E-state index in [4.69, 9.17) is 5.21 Å². The van der Waals surface area contributed by atoms with E-state index in [9.17, 15) is 4.79 Å². The molecule has 1 fully saturated rings. The topological polar surface area (TPSA) is 64.9 Å². The molecule has 1 aliphatic heterocycles. The summed E-state index contributed by atoms with van der Waals surface area (Å²) < 4.78 is 0. The van der Waals surface area contributed by atoms with Crippen LogP contribution < -0.4 is 5.32 Å². The Morgan fingerprint density at radius 2 is 2.00 bits per heavy atom. The smallest absolute Gasteiger partial charge is 0.265 e. The van der Waals surface area contributed by atoms with Crippen LogP contribution in [0, 0.1) is 0 Å². The van der Waals surface area contributed by atoms with Crippen molar-refractivity contribution in [2.24, 2.45) is 5.16 Å². The molecule has 1 saturated heterocycles. The molecule has 5 nitrogen and oxygen atoms in total. The van der Waals surface area contributed by atoms with Gasteiger partial charge in [0.15, 0.2) is 0 Å². The third kappa shape index (κ3) is 5.37. The summed E-state index contributed by atoms with van der Waals surface area (Å²) in [6.45, 7) is 3.75. The first-order valence-corrected chi connectivity index (χ1v) is 5.50. The number of carbonyl (C=O) groups excluding carboxylic acids is 1.